The molecule has 2 heterocycles. The first-order chi connectivity index (χ1) is 7.45. The highest BCUT2D eigenvalue weighted by Gasteiger charge is 2.16. The lowest BCUT2D eigenvalue weighted by Crippen LogP contribution is -2.20. The number of pyridine rings is 1. The van der Waals surface area contributed by atoms with Crippen LogP contribution in [0.25, 0.3) is 10.9 Å². The summed E-state index contributed by atoms with van der Waals surface area (Å²) in [5.41, 5.74) is 1.40. The first kappa shape index (κ1) is 11.0. The third-order valence-corrected chi connectivity index (χ3v) is 3.75. The number of aryl methyl sites for hydroxylation is 2. The Morgan fingerprint density at radius 2 is 2.12 bits per heavy atom. The standard InChI is InChI=1S/C9H12N4O2S/c1-6-7-5-11-13(3)8(7)4-9(12-6)16(14,15)10-2/h4-5,10H,1-3H3. The van der Waals surface area contributed by atoms with Crippen molar-refractivity contribution in [1.82, 2.24) is 19.5 Å². The zero-order valence-corrected chi connectivity index (χ0v) is 10.0. The van der Waals surface area contributed by atoms with E-state index in [1.54, 1.807) is 24.9 Å². The molecule has 0 amide bonds. The van der Waals surface area contributed by atoms with E-state index in [2.05, 4.69) is 14.8 Å². The summed E-state index contributed by atoms with van der Waals surface area (Å²) >= 11 is 0. The average Bonchev–Trinajstić information content (AvgIpc) is 2.61. The number of nitrogens with one attached hydrogen (secondary N) is 1. The van der Waals surface area contributed by atoms with Crippen LogP contribution in [0.1, 0.15) is 5.69 Å². The normalized spacial score (nSPS) is 12.2. The molecule has 2 aromatic rings. The number of hydrogen-bond acceptors (Lipinski definition) is 4. The van der Waals surface area contributed by atoms with Crippen LogP contribution < -0.4 is 4.72 Å². The molecule has 0 aliphatic carbocycles. The van der Waals surface area contributed by atoms with E-state index in [9.17, 15) is 8.42 Å². The highest BCUT2D eigenvalue weighted by molar-refractivity contribution is 7.89. The van der Waals surface area contributed by atoms with Crippen molar-refractivity contribution in [2.45, 2.75) is 11.9 Å². The molecule has 2 rings (SSSR count). The molecule has 0 saturated heterocycles. The van der Waals surface area contributed by atoms with E-state index in [-0.39, 0.29) is 5.03 Å². The number of fused-ring (bicyclic) bond motifs is 1. The first-order valence-electron chi connectivity index (χ1n) is 4.68. The average molecular weight is 240 g/mol. The molecule has 6 nitrogen and oxygen atoms in total. The first-order valence-corrected chi connectivity index (χ1v) is 6.17. The lowest BCUT2D eigenvalue weighted by atomic mass is 10.2. The van der Waals surface area contributed by atoms with Crippen LogP contribution in [-0.2, 0) is 17.1 Å². The highest BCUT2D eigenvalue weighted by atomic mass is 32.2. The van der Waals surface area contributed by atoms with Gasteiger partial charge in [-0.25, -0.2) is 18.1 Å². The smallest absolute Gasteiger partial charge is 0.257 e. The second-order valence-corrected chi connectivity index (χ2v) is 5.29. The molecular formula is C9H12N4O2S. The van der Waals surface area contributed by atoms with Crippen LogP contribution in [0.2, 0.25) is 0 Å². The van der Waals surface area contributed by atoms with E-state index >= 15 is 0 Å². The van der Waals surface area contributed by atoms with Gasteiger partial charge in [-0.1, -0.05) is 0 Å². The molecule has 1 N–H and O–H groups in total. The van der Waals surface area contributed by atoms with E-state index in [1.807, 2.05) is 0 Å². The quantitative estimate of drug-likeness (QED) is 0.812. The van der Waals surface area contributed by atoms with Crippen LogP contribution in [0, 0.1) is 6.92 Å². The van der Waals surface area contributed by atoms with Crippen LogP contribution in [0.4, 0.5) is 0 Å². The number of sulfonamides is 1. The highest BCUT2D eigenvalue weighted by Crippen LogP contribution is 2.19. The Morgan fingerprint density at radius 1 is 1.44 bits per heavy atom. The van der Waals surface area contributed by atoms with Crippen LogP contribution in [0.3, 0.4) is 0 Å². The van der Waals surface area contributed by atoms with Gasteiger partial charge in [0.05, 0.1) is 11.7 Å². The van der Waals surface area contributed by atoms with Gasteiger partial charge in [0.1, 0.15) is 0 Å². The van der Waals surface area contributed by atoms with Crippen LogP contribution in [-0.4, -0.2) is 30.2 Å². The van der Waals surface area contributed by atoms with E-state index < -0.39 is 10.0 Å². The van der Waals surface area contributed by atoms with Gasteiger partial charge in [-0.3, -0.25) is 4.68 Å². The molecule has 0 fully saturated rings. The molecule has 0 radical (unpaired) electrons. The largest absolute Gasteiger partial charge is 0.268 e. The molecule has 0 atom stereocenters. The van der Waals surface area contributed by atoms with Crippen LogP contribution in [0.15, 0.2) is 17.3 Å². The van der Waals surface area contributed by atoms with Crippen LogP contribution >= 0.6 is 0 Å². The zero-order chi connectivity index (χ0) is 11.9. The Bertz CT molecular complexity index is 645. The molecule has 0 aliphatic heterocycles. The minimum atomic E-state index is -3.51. The number of aromatic nitrogens is 3. The van der Waals surface area contributed by atoms with Gasteiger partial charge in [-0.05, 0) is 14.0 Å². The van der Waals surface area contributed by atoms with Gasteiger partial charge in [-0.15, -0.1) is 0 Å². The lowest BCUT2D eigenvalue weighted by molar-refractivity contribution is 0.584. The van der Waals surface area contributed by atoms with Gasteiger partial charge in [0, 0.05) is 24.2 Å². The monoisotopic (exact) mass is 240 g/mol. The maximum absolute atomic E-state index is 11.6. The Hall–Kier alpha value is -1.47. The lowest BCUT2D eigenvalue weighted by Gasteiger charge is -2.04. The molecular weight excluding hydrogens is 228 g/mol. The maximum Gasteiger partial charge on any atom is 0.257 e. The third kappa shape index (κ3) is 1.57. The summed E-state index contributed by atoms with van der Waals surface area (Å²) in [5.74, 6) is 0. The van der Waals surface area contributed by atoms with Crippen molar-refractivity contribution in [2.24, 2.45) is 7.05 Å². The van der Waals surface area contributed by atoms with Gasteiger partial charge in [0.25, 0.3) is 10.0 Å². The van der Waals surface area contributed by atoms with Crippen molar-refractivity contribution in [3.8, 4) is 0 Å². The minimum Gasteiger partial charge on any atom is -0.268 e. The summed E-state index contributed by atoms with van der Waals surface area (Å²) in [7, 11) is -0.387. The predicted octanol–water partition coefficient (Wildman–Crippen LogP) is 0.185. The SMILES string of the molecule is CNS(=O)(=O)c1cc2c(cnn2C)c(C)n1. The fourth-order valence-corrected chi connectivity index (χ4v) is 2.25. The molecule has 7 heteroatoms. The third-order valence-electron chi connectivity index (χ3n) is 2.46. The van der Waals surface area contributed by atoms with E-state index in [1.165, 1.54) is 13.1 Å². The van der Waals surface area contributed by atoms with Crippen molar-refractivity contribution >= 4 is 20.9 Å². The van der Waals surface area contributed by atoms with Crippen molar-refractivity contribution < 1.29 is 8.42 Å². The second-order valence-electron chi connectivity index (χ2n) is 3.45. The van der Waals surface area contributed by atoms with E-state index in [0.717, 1.165) is 10.9 Å². The van der Waals surface area contributed by atoms with Crippen molar-refractivity contribution in [1.29, 1.82) is 0 Å². The summed E-state index contributed by atoms with van der Waals surface area (Å²) in [6, 6.07) is 1.52. The molecule has 0 saturated carbocycles. The fraction of sp³-hybridized carbons (Fsp3) is 0.333. The molecule has 0 aromatic carbocycles. The van der Waals surface area contributed by atoms with Gasteiger partial charge in [-0.2, -0.15) is 5.10 Å². The van der Waals surface area contributed by atoms with E-state index in [4.69, 9.17) is 0 Å². The Balaban J connectivity index is 2.80. The predicted molar refractivity (Wildman–Crippen MR) is 59.5 cm³/mol. The van der Waals surface area contributed by atoms with Crippen molar-refractivity contribution in [3.63, 3.8) is 0 Å². The molecule has 0 aliphatic rings. The molecule has 16 heavy (non-hydrogen) atoms. The zero-order valence-electron chi connectivity index (χ0n) is 9.22. The molecule has 0 bridgehead atoms. The van der Waals surface area contributed by atoms with Gasteiger partial charge < -0.3 is 0 Å². The topological polar surface area (TPSA) is 76.9 Å². The summed E-state index contributed by atoms with van der Waals surface area (Å²) < 4.78 is 27.1. The summed E-state index contributed by atoms with van der Waals surface area (Å²) in [5, 5.41) is 4.94. The summed E-state index contributed by atoms with van der Waals surface area (Å²) in [6.07, 6.45) is 1.67. The summed E-state index contributed by atoms with van der Waals surface area (Å²) in [6.45, 7) is 1.76. The van der Waals surface area contributed by atoms with Crippen molar-refractivity contribution in [3.05, 3.63) is 18.0 Å². The number of nitrogens with zero attached hydrogens (tertiary/aromatic N) is 3. The molecule has 86 valence electrons. The van der Waals surface area contributed by atoms with Gasteiger partial charge >= 0.3 is 0 Å². The summed E-state index contributed by atoms with van der Waals surface area (Å²) in [4.78, 5) is 4.05. The van der Waals surface area contributed by atoms with E-state index in [0.29, 0.717) is 5.69 Å². The van der Waals surface area contributed by atoms with Crippen molar-refractivity contribution in [2.75, 3.05) is 7.05 Å². The Labute approximate surface area is 93.3 Å². The molecule has 0 spiro atoms. The molecule has 2 aromatic heterocycles. The molecule has 0 unspecified atom stereocenters. The number of rotatable bonds is 2. The van der Waals surface area contributed by atoms with Gasteiger partial charge in [0.2, 0.25) is 0 Å². The fourth-order valence-electron chi connectivity index (χ4n) is 1.51. The number of hydrogen-bond donors (Lipinski definition) is 1. The van der Waals surface area contributed by atoms with Gasteiger partial charge in [0.15, 0.2) is 5.03 Å². The maximum atomic E-state index is 11.6. The van der Waals surface area contributed by atoms with Crippen LogP contribution in [0.5, 0.6) is 0 Å². The second kappa shape index (κ2) is 3.53. The minimum absolute atomic E-state index is 0.0172. The Morgan fingerprint density at radius 3 is 2.75 bits per heavy atom. The Kier molecular flexibility index (Phi) is 2.43.